The molecule has 7 heteroatoms. The third kappa shape index (κ3) is 1.23. The SMILES string of the molecule is NC1NC(=O)C2NCC(Br)N2N1. The average Bonchev–Trinajstić information content (AvgIpc) is 2.33. The summed E-state index contributed by atoms with van der Waals surface area (Å²) in [5.41, 5.74) is 8.44. The van der Waals surface area contributed by atoms with E-state index in [1.165, 1.54) is 0 Å². The molecule has 0 aromatic rings. The fourth-order valence-electron chi connectivity index (χ4n) is 1.37. The van der Waals surface area contributed by atoms with Crippen molar-refractivity contribution in [1.82, 2.24) is 21.1 Å². The van der Waals surface area contributed by atoms with Crippen LogP contribution in [0.4, 0.5) is 0 Å². The second-order valence-corrected chi connectivity index (χ2v) is 3.82. The minimum Gasteiger partial charge on any atom is -0.325 e. The molecule has 0 radical (unpaired) electrons. The molecule has 0 aromatic carbocycles. The van der Waals surface area contributed by atoms with E-state index in [-0.39, 0.29) is 17.0 Å². The van der Waals surface area contributed by atoms with Gasteiger partial charge in [0.25, 0.3) is 5.91 Å². The summed E-state index contributed by atoms with van der Waals surface area (Å²) < 4.78 is 0. The Morgan fingerprint density at radius 2 is 2.42 bits per heavy atom. The Hall–Kier alpha value is -0.210. The Labute approximate surface area is 77.9 Å². The first-order valence-electron chi connectivity index (χ1n) is 3.66. The Morgan fingerprint density at radius 1 is 1.67 bits per heavy atom. The highest BCUT2D eigenvalue weighted by atomic mass is 79.9. The van der Waals surface area contributed by atoms with Crippen molar-refractivity contribution in [3.8, 4) is 0 Å². The van der Waals surface area contributed by atoms with Gasteiger partial charge in [-0.2, -0.15) is 0 Å². The lowest BCUT2D eigenvalue weighted by molar-refractivity contribution is -0.133. The van der Waals surface area contributed by atoms with E-state index >= 15 is 0 Å². The second-order valence-electron chi connectivity index (χ2n) is 2.77. The number of hydrogen-bond donors (Lipinski definition) is 4. The standard InChI is InChI=1S/C5H10BrN5O/c6-2-1-8-3-4(12)9-5(7)10-11(2)3/h2-3,5,8,10H,1,7H2,(H,9,12). The van der Waals surface area contributed by atoms with Crippen LogP contribution in [0.5, 0.6) is 0 Å². The molecule has 2 fully saturated rings. The number of hydrogen-bond acceptors (Lipinski definition) is 5. The number of nitrogens with zero attached hydrogens (tertiary/aromatic N) is 1. The zero-order chi connectivity index (χ0) is 8.72. The van der Waals surface area contributed by atoms with Gasteiger partial charge >= 0.3 is 0 Å². The molecule has 2 aliphatic rings. The number of nitrogens with one attached hydrogen (secondary N) is 3. The van der Waals surface area contributed by atoms with Crippen molar-refractivity contribution >= 4 is 21.8 Å². The second kappa shape index (κ2) is 2.93. The van der Waals surface area contributed by atoms with Gasteiger partial charge < -0.3 is 5.32 Å². The van der Waals surface area contributed by atoms with Crippen LogP contribution in [0.3, 0.4) is 0 Å². The van der Waals surface area contributed by atoms with E-state index in [0.717, 1.165) is 6.54 Å². The third-order valence-electron chi connectivity index (χ3n) is 1.89. The molecule has 0 spiro atoms. The number of rotatable bonds is 0. The van der Waals surface area contributed by atoms with E-state index < -0.39 is 6.29 Å². The van der Waals surface area contributed by atoms with Gasteiger partial charge in [0.15, 0.2) is 6.17 Å². The van der Waals surface area contributed by atoms with Gasteiger partial charge in [0, 0.05) is 6.54 Å². The van der Waals surface area contributed by atoms with Crippen molar-refractivity contribution in [2.45, 2.75) is 17.4 Å². The highest BCUT2D eigenvalue weighted by Gasteiger charge is 2.40. The summed E-state index contributed by atoms with van der Waals surface area (Å²) in [4.78, 5) is 11.4. The topological polar surface area (TPSA) is 82.4 Å². The van der Waals surface area contributed by atoms with Crippen LogP contribution in [0, 0.1) is 0 Å². The predicted octanol–water partition coefficient (Wildman–Crippen LogP) is -2.18. The fraction of sp³-hybridized carbons (Fsp3) is 0.800. The molecule has 5 N–H and O–H groups in total. The maximum absolute atomic E-state index is 11.3. The first kappa shape index (κ1) is 8.39. The van der Waals surface area contributed by atoms with E-state index in [9.17, 15) is 4.79 Å². The Kier molecular flexibility index (Phi) is 2.05. The van der Waals surface area contributed by atoms with Gasteiger partial charge in [-0.15, -0.1) is 0 Å². The molecule has 2 saturated heterocycles. The lowest BCUT2D eigenvalue weighted by atomic mass is 10.4. The number of carbonyl (C=O) groups excluding carboxylic acids is 1. The van der Waals surface area contributed by atoms with Crippen LogP contribution in [-0.4, -0.2) is 34.9 Å². The lowest BCUT2D eigenvalue weighted by Gasteiger charge is -2.34. The zero-order valence-corrected chi connectivity index (χ0v) is 7.84. The highest BCUT2D eigenvalue weighted by Crippen LogP contribution is 2.15. The molecule has 0 aromatic heterocycles. The summed E-state index contributed by atoms with van der Waals surface area (Å²) >= 11 is 3.40. The van der Waals surface area contributed by atoms with Crippen LogP contribution in [0.15, 0.2) is 0 Å². The third-order valence-corrected chi connectivity index (χ3v) is 2.66. The molecule has 68 valence electrons. The van der Waals surface area contributed by atoms with Gasteiger partial charge in [-0.3, -0.25) is 15.8 Å². The Morgan fingerprint density at radius 3 is 3.17 bits per heavy atom. The smallest absolute Gasteiger partial charge is 0.255 e. The molecule has 2 heterocycles. The van der Waals surface area contributed by atoms with E-state index in [4.69, 9.17) is 5.73 Å². The molecular weight excluding hydrogens is 226 g/mol. The quantitative estimate of drug-likeness (QED) is 0.284. The maximum Gasteiger partial charge on any atom is 0.255 e. The van der Waals surface area contributed by atoms with Gasteiger partial charge in [0.2, 0.25) is 0 Å². The largest absolute Gasteiger partial charge is 0.325 e. The van der Waals surface area contributed by atoms with Crippen molar-refractivity contribution in [2.24, 2.45) is 5.73 Å². The van der Waals surface area contributed by atoms with Gasteiger partial charge in [-0.1, -0.05) is 15.9 Å². The van der Waals surface area contributed by atoms with Crippen LogP contribution in [0.1, 0.15) is 0 Å². The average molecular weight is 236 g/mol. The van der Waals surface area contributed by atoms with Crippen LogP contribution in [0.25, 0.3) is 0 Å². The number of alkyl halides is 1. The number of amides is 1. The Balaban J connectivity index is 2.14. The molecule has 2 aliphatic heterocycles. The first-order valence-corrected chi connectivity index (χ1v) is 4.58. The van der Waals surface area contributed by atoms with Gasteiger partial charge in [0.05, 0.1) is 4.95 Å². The molecular formula is C5H10BrN5O. The summed E-state index contributed by atoms with van der Waals surface area (Å²) in [5.74, 6) is -0.0943. The monoisotopic (exact) mass is 235 g/mol. The molecule has 0 bridgehead atoms. The molecule has 1 amide bonds. The molecule has 3 unspecified atom stereocenters. The molecule has 3 atom stereocenters. The number of nitrogens with two attached hydrogens (primary N) is 1. The highest BCUT2D eigenvalue weighted by molar-refractivity contribution is 9.09. The zero-order valence-electron chi connectivity index (χ0n) is 6.25. The van der Waals surface area contributed by atoms with Gasteiger partial charge in [-0.05, 0) is 0 Å². The minimum atomic E-state index is -0.492. The number of carbonyl (C=O) groups is 1. The van der Waals surface area contributed by atoms with Gasteiger partial charge in [-0.25, -0.2) is 10.4 Å². The van der Waals surface area contributed by atoms with Crippen molar-refractivity contribution in [3.05, 3.63) is 0 Å². The van der Waals surface area contributed by atoms with Crippen molar-refractivity contribution in [2.75, 3.05) is 6.54 Å². The number of fused-ring (bicyclic) bond motifs is 1. The van der Waals surface area contributed by atoms with Gasteiger partial charge in [0.1, 0.15) is 6.29 Å². The molecule has 0 aliphatic carbocycles. The molecule has 12 heavy (non-hydrogen) atoms. The Bertz CT molecular complexity index is 212. The summed E-state index contributed by atoms with van der Waals surface area (Å²) in [6, 6.07) is 0. The van der Waals surface area contributed by atoms with E-state index in [1.807, 2.05) is 0 Å². The fourth-order valence-corrected chi connectivity index (χ4v) is 1.91. The van der Waals surface area contributed by atoms with Crippen molar-refractivity contribution in [3.63, 3.8) is 0 Å². The maximum atomic E-state index is 11.3. The molecule has 6 nitrogen and oxygen atoms in total. The number of halogens is 1. The van der Waals surface area contributed by atoms with E-state index in [0.29, 0.717) is 0 Å². The molecule has 0 saturated carbocycles. The van der Waals surface area contributed by atoms with Crippen LogP contribution < -0.4 is 21.8 Å². The lowest BCUT2D eigenvalue weighted by Crippen LogP contribution is -2.70. The summed E-state index contributed by atoms with van der Waals surface area (Å²) in [6.45, 7) is 0.720. The van der Waals surface area contributed by atoms with Crippen LogP contribution >= 0.6 is 15.9 Å². The minimum absolute atomic E-state index is 0.0943. The van der Waals surface area contributed by atoms with E-state index in [1.54, 1.807) is 5.01 Å². The summed E-state index contributed by atoms with van der Waals surface area (Å²) in [5, 5.41) is 7.37. The van der Waals surface area contributed by atoms with Crippen LogP contribution in [0.2, 0.25) is 0 Å². The molecule has 2 rings (SSSR count). The number of hydrazine groups is 1. The first-order chi connectivity index (χ1) is 5.68. The van der Waals surface area contributed by atoms with Crippen LogP contribution in [-0.2, 0) is 4.79 Å². The van der Waals surface area contributed by atoms with E-state index in [2.05, 4.69) is 32.0 Å². The van der Waals surface area contributed by atoms with Crippen molar-refractivity contribution in [1.29, 1.82) is 0 Å². The summed E-state index contributed by atoms with van der Waals surface area (Å²) in [6.07, 6.45) is -0.803. The van der Waals surface area contributed by atoms with Crippen molar-refractivity contribution < 1.29 is 4.79 Å². The predicted molar refractivity (Wildman–Crippen MR) is 45.6 cm³/mol. The summed E-state index contributed by atoms with van der Waals surface area (Å²) in [7, 11) is 0. The normalized spacial score (nSPS) is 42.5.